The minimum atomic E-state index is -4.48. The zero-order chi connectivity index (χ0) is 22.9. The highest BCUT2D eigenvalue weighted by molar-refractivity contribution is 5.90. The molecule has 32 heavy (non-hydrogen) atoms. The number of anilines is 1. The molecule has 0 radical (unpaired) electrons. The van der Waals surface area contributed by atoms with Gasteiger partial charge in [-0.15, -0.1) is 0 Å². The average Bonchev–Trinajstić information content (AvgIpc) is 2.73. The van der Waals surface area contributed by atoms with Crippen molar-refractivity contribution in [2.45, 2.75) is 50.3 Å². The summed E-state index contributed by atoms with van der Waals surface area (Å²) in [5, 5.41) is 2.60. The molecule has 1 aromatic heterocycles. The van der Waals surface area contributed by atoms with Gasteiger partial charge in [-0.2, -0.15) is 13.2 Å². The zero-order valence-corrected chi connectivity index (χ0v) is 17.6. The van der Waals surface area contributed by atoms with Crippen LogP contribution in [0.5, 0.6) is 5.75 Å². The van der Waals surface area contributed by atoms with Crippen LogP contribution >= 0.6 is 0 Å². The molecule has 4 rings (SSSR count). The quantitative estimate of drug-likeness (QED) is 0.758. The van der Waals surface area contributed by atoms with E-state index in [1.54, 1.807) is 11.8 Å². The molecule has 1 saturated heterocycles. The monoisotopic (exact) mass is 447 g/mol. The van der Waals surface area contributed by atoms with Crippen LogP contribution in [0, 0.1) is 0 Å². The number of alkyl halides is 3. The Labute approximate surface area is 183 Å². The number of rotatable bonds is 3. The molecule has 1 atom stereocenters. The second kappa shape index (κ2) is 8.44. The Morgan fingerprint density at radius 3 is 2.53 bits per heavy atom. The molecule has 1 fully saturated rings. The number of halogens is 3. The molecule has 2 amide bonds. The third-order valence-electron chi connectivity index (χ3n) is 6.21. The maximum absolute atomic E-state index is 12.7. The van der Waals surface area contributed by atoms with Crippen molar-refractivity contribution in [1.29, 1.82) is 0 Å². The van der Waals surface area contributed by atoms with Crippen molar-refractivity contribution in [2.24, 2.45) is 0 Å². The van der Waals surface area contributed by atoms with Gasteiger partial charge >= 0.3 is 6.18 Å². The first-order valence-corrected chi connectivity index (χ1v) is 10.5. The summed E-state index contributed by atoms with van der Waals surface area (Å²) in [7, 11) is 0. The Balaban J connectivity index is 1.47. The number of para-hydroxylation sites is 1. The number of pyridine rings is 1. The fraction of sp³-hybridized carbons (Fsp3) is 0.435. The van der Waals surface area contributed by atoms with Crippen LogP contribution in [0.1, 0.15) is 49.7 Å². The standard InChI is InChI=1S/C23H24F3N3O3/c1-15(30)29-10-8-22(9-11-29)13-16(18-4-2-3-5-19(18)32-22)12-21(31)28-20-7-6-17(14-27-20)23(24,25)26/h2-7,14,16H,8-13H2,1H3,(H,27,28,31). The van der Waals surface area contributed by atoms with Gasteiger partial charge in [0, 0.05) is 51.4 Å². The second-order valence-electron chi connectivity index (χ2n) is 8.41. The van der Waals surface area contributed by atoms with Gasteiger partial charge in [-0.3, -0.25) is 9.59 Å². The molecular formula is C23H24F3N3O3. The van der Waals surface area contributed by atoms with E-state index in [9.17, 15) is 22.8 Å². The summed E-state index contributed by atoms with van der Waals surface area (Å²) in [6.45, 7) is 2.76. The summed E-state index contributed by atoms with van der Waals surface area (Å²) in [4.78, 5) is 29.9. The van der Waals surface area contributed by atoms with Crippen molar-refractivity contribution in [3.05, 3.63) is 53.7 Å². The molecule has 3 heterocycles. The Kier molecular flexibility index (Phi) is 5.83. The van der Waals surface area contributed by atoms with E-state index >= 15 is 0 Å². The number of hydrogen-bond acceptors (Lipinski definition) is 4. The van der Waals surface area contributed by atoms with E-state index in [4.69, 9.17) is 4.74 Å². The SMILES string of the molecule is CC(=O)N1CCC2(CC1)CC(CC(=O)Nc1ccc(C(F)(F)F)cn1)c1ccccc1O2. The number of benzene rings is 1. The molecule has 0 saturated carbocycles. The first kappa shape index (κ1) is 22.1. The largest absolute Gasteiger partial charge is 0.487 e. The average molecular weight is 447 g/mol. The van der Waals surface area contributed by atoms with Crippen LogP contribution in [0.2, 0.25) is 0 Å². The van der Waals surface area contributed by atoms with E-state index in [0.717, 1.165) is 23.4 Å². The number of amides is 2. The number of piperidine rings is 1. The zero-order valence-electron chi connectivity index (χ0n) is 17.6. The minimum Gasteiger partial charge on any atom is -0.487 e. The molecular weight excluding hydrogens is 423 g/mol. The van der Waals surface area contributed by atoms with E-state index in [-0.39, 0.29) is 30.0 Å². The first-order chi connectivity index (χ1) is 15.2. The van der Waals surface area contributed by atoms with E-state index in [0.29, 0.717) is 38.5 Å². The maximum Gasteiger partial charge on any atom is 0.417 e. The molecule has 2 aliphatic rings. The lowest BCUT2D eigenvalue weighted by Gasteiger charge is -2.46. The van der Waals surface area contributed by atoms with Gasteiger partial charge in [0.1, 0.15) is 17.2 Å². The number of ether oxygens (including phenoxy) is 1. The number of likely N-dealkylation sites (tertiary alicyclic amines) is 1. The van der Waals surface area contributed by atoms with Crippen molar-refractivity contribution in [3.63, 3.8) is 0 Å². The molecule has 2 aromatic rings. The topological polar surface area (TPSA) is 71.5 Å². The molecule has 6 nitrogen and oxygen atoms in total. The molecule has 0 bridgehead atoms. The summed E-state index contributed by atoms with van der Waals surface area (Å²) in [6.07, 6.45) is -1.63. The van der Waals surface area contributed by atoms with Gasteiger partial charge in [-0.05, 0) is 30.2 Å². The highest BCUT2D eigenvalue weighted by Crippen LogP contribution is 2.46. The summed E-state index contributed by atoms with van der Waals surface area (Å²) < 4.78 is 44.5. The van der Waals surface area contributed by atoms with Crippen LogP contribution in [-0.4, -0.2) is 40.4 Å². The molecule has 0 aliphatic carbocycles. The second-order valence-corrected chi connectivity index (χ2v) is 8.41. The molecule has 1 aromatic carbocycles. The predicted molar refractivity (Wildman–Crippen MR) is 111 cm³/mol. The van der Waals surface area contributed by atoms with Gasteiger partial charge < -0.3 is 15.0 Å². The summed E-state index contributed by atoms with van der Waals surface area (Å²) in [5.41, 5.74) is -0.381. The lowest BCUT2D eigenvalue weighted by Crippen LogP contribution is -2.51. The fourth-order valence-corrected chi connectivity index (χ4v) is 4.52. The lowest BCUT2D eigenvalue weighted by molar-refractivity contribution is -0.138. The molecule has 170 valence electrons. The highest BCUT2D eigenvalue weighted by Gasteiger charge is 2.44. The van der Waals surface area contributed by atoms with Crippen molar-refractivity contribution in [1.82, 2.24) is 9.88 Å². The Morgan fingerprint density at radius 1 is 1.19 bits per heavy atom. The summed E-state index contributed by atoms with van der Waals surface area (Å²) in [6, 6.07) is 9.63. The van der Waals surface area contributed by atoms with Crippen molar-refractivity contribution >= 4 is 17.6 Å². The molecule has 1 unspecified atom stereocenters. The van der Waals surface area contributed by atoms with Gasteiger partial charge in [0.15, 0.2) is 0 Å². The van der Waals surface area contributed by atoms with Crippen LogP contribution < -0.4 is 10.1 Å². The van der Waals surface area contributed by atoms with Crippen LogP contribution in [0.3, 0.4) is 0 Å². The van der Waals surface area contributed by atoms with Gasteiger partial charge in [-0.1, -0.05) is 18.2 Å². The van der Waals surface area contributed by atoms with Gasteiger partial charge in [0.25, 0.3) is 0 Å². The number of nitrogens with one attached hydrogen (secondary N) is 1. The van der Waals surface area contributed by atoms with Crippen molar-refractivity contribution < 1.29 is 27.5 Å². The Hall–Kier alpha value is -3.10. The highest BCUT2D eigenvalue weighted by atomic mass is 19.4. The van der Waals surface area contributed by atoms with E-state index in [1.807, 2.05) is 24.3 Å². The number of aromatic nitrogens is 1. The maximum atomic E-state index is 12.7. The molecule has 2 aliphatic heterocycles. The smallest absolute Gasteiger partial charge is 0.417 e. The van der Waals surface area contributed by atoms with Gasteiger partial charge in [-0.25, -0.2) is 4.98 Å². The van der Waals surface area contributed by atoms with Crippen LogP contribution in [0.4, 0.5) is 19.0 Å². The summed E-state index contributed by atoms with van der Waals surface area (Å²) >= 11 is 0. The van der Waals surface area contributed by atoms with Crippen LogP contribution in [0.15, 0.2) is 42.6 Å². The molecule has 1 N–H and O–H groups in total. The van der Waals surface area contributed by atoms with E-state index < -0.39 is 17.3 Å². The van der Waals surface area contributed by atoms with Crippen LogP contribution in [-0.2, 0) is 15.8 Å². The van der Waals surface area contributed by atoms with Gasteiger partial charge in [0.2, 0.25) is 11.8 Å². The summed E-state index contributed by atoms with van der Waals surface area (Å²) in [5.74, 6) is 0.415. The normalized spacial score (nSPS) is 19.8. The Bertz CT molecular complexity index is 1000. The molecule has 9 heteroatoms. The first-order valence-electron chi connectivity index (χ1n) is 10.5. The minimum absolute atomic E-state index is 0.0380. The van der Waals surface area contributed by atoms with Crippen molar-refractivity contribution in [3.8, 4) is 5.75 Å². The van der Waals surface area contributed by atoms with Crippen molar-refractivity contribution in [2.75, 3.05) is 18.4 Å². The van der Waals surface area contributed by atoms with E-state index in [1.165, 1.54) is 0 Å². The third-order valence-corrected chi connectivity index (χ3v) is 6.21. The number of fused-ring (bicyclic) bond motifs is 1. The number of carbonyl (C=O) groups is 2. The van der Waals surface area contributed by atoms with Gasteiger partial charge in [0.05, 0.1) is 5.56 Å². The number of hydrogen-bond donors (Lipinski definition) is 1. The van der Waals surface area contributed by atoms with E-state index in [2.05, 4.69) is 10.3 Å². The van der Waals surface area contributed by atoms with Crippen LogP contribution in [0.25, 0.3) is 0 Å². The number of carbonyl (C=O) groups excluding carboxylic acids is 2. The fourth-order valence-electron chi connectivity index (χ4n) is 4.52. The third kappa shape index (κ3) is 4.71. The number of nitrogens with zero attached hydrogens (tertiary/aromatic N) is 2. The molecule has 1 spiro atoms. The Morgan fingerprint density at radius 2 is 1.91 bits per heavy atom. The predicted octanol–water partition coefficient (Wildman–Crippen LogP) is 4.38. The lowest BCUT2D eigenvalue weighted by atomic mass is 9.76.